The Hall–Kier alpha value is -3.40. The molecule has 0 aliphatic carbocycles. The minimum Gasteiger partial charge on any atom is -0.493 e. The first-order valence-corrected chi connectivity index (χ1v) is 9.29. The summed E-state index contributed by atoms with van der Waals surface area (Å²) in [4.78, 5) is 13.9. The predicted octanol–water partition coefficient (Wildman–Crippen LogP) is 3.27. The SMILES string of the molecule is COc1cc(C#N)ccc1OCCCC(=O)N(C)CCOc1ccccc1OC. The van der Waals surface area contributed by atoms with E-state index in [1.807, 2.05) is 24.3 Å². The highest BCUT2D eigenvalue weighted by Gasteiger charge is 2.11. The maximum Gasteiger partial charge on any atom is 0.222 e. The molecule has 1 amide bonds. The second-order valence-corrected chi connectivity index (χ2v) is 6.24. The molecule has 0 aliphatic heterocycles. The Morgan fingerprint density at radius 1 is 0.966 bits per heavy atom. The quantitative estimate of drug-likeness (QED) is 0.541. The van der Waals surface area contributed by atoms with Crippen LogP contribution in [0.3, 0.4) is 0 Å². The van der Waals surface area contributed by atoms with Crippen LogP contribution in [0.2, 0.25) is 0 Å². The van der Waals surface area contributed by atoms with Crippen LogP contribution in [0, 0.1) is 11.3 Å². The monoisotopic (exact) mass is 398 g/mol. The van der Waals surface area contributed by atoms with Crippen LogP contribution in [0.25, 0.3) is 0 Å². The van der Waals surface area contributed by atoms with Gasteiger partial charge in [0.25, 0.3) is 0 Å². The molecule has 0 aromatic heterocycles. The van der Waals surface area contributed by atoms with E-state index in [1.54, 1.807) is 37.3 Å². The topological polar surface area (TPSA) is 81.0 Å². The van der Waals surface area contributed by atoms with Crippen molar-refractivity contribution in [2.24, 2.45) is 0 Å². The van der Waals surface area contributed by atoms with E-state index in [9.17, 15) is 4.79 Å². The summed E-state index contributed by atoms with van der Waals surface area (Å²) in [5.41, 5.74) is 0.501. The molecule has 2 aromatic rings. The lowest BCUT2D eigenvalue weighted by Gasteiger charge is -2.18. The number of carbonyl (C=O) groups excluding carboxylic acids is 1. The van der Waals surface area contributed by atoms with Crippen LogP contribution in [0.4, 0.5) is 0 Å². The number of para-hydroxylation sites is 2. The first-order chi connectivity index (χ1) is 14.1. The molecule has 0 spiro atoms. The van der Waals surface area contributed by atoms with Crippen molar-refractivity contribution in [1.29, 1.82) is 5.26 Å². The Labute approximate surface area is 171 Å². The number of benzene rings is 2. The highest BCUT2D eigenvalue weighted by Crippen LogP contribution is 2.28. The summed E-state index contributed by atoms with van der Waals surface area (Å²) < 4.78 is 21.8. The van der Waals surface area contributed by atoms with Crippen LogP contribution < -0.4 is 18.9 Å². The molecule has 0 N–H and O–H groups in total. The van der Waals surface area contributed by atoms with Gasteiger partial charge in [0, 0.05) is 19.5 Å². The first kappa shape index (κ1) is 21.9. The van der Waals surface area contributed by atoms with Gasteiger partial charge in [0.15, 0.2) is 23.0 Å². The molecule has 0 heterocycles. The number of hydrogen-bond acceptors (Lipinski definition) is 6. The zero-order valence-electron chi connectivity index (χ0n) is 17.0. The summed E-state index contributed by atoms with van der Waals surface area (Å²) in [6.07, 6.45) is 0.934. The third-order valence-electron chi connectivity index (χ3n) is 4.26. The summed E-state index contributed by atoms with van der Waals surface area (Å²) in [6, 6.07) is 14.4. The van der Waals surface area contributed by atoms with Gasteiger partial charge in [0.05, 0.1) is 39.0 Å². The van der Waals surface area contributed by atoms with E-state index in [0.29, 0.717) is 61.2 Å². The van der Waals surface area contributed by atoms with E-state index >= 15 is 0 Å². The highest BCUT2D eigenvalue weighted by atomic mass is 16.5. The van der Waals surface area contributed by atoms with Gasteiger partial charge in [-0.05, 0) is 30.7 Å². The minimum atomic E-state index is 0.0176. The lowest BCUT2D eigenvalue weighted by Crippen LogP contribution is -2.31. The molecule has 29 heavy (non-hydrogen) atoms. The van der Waals surface area contributed by atoms with Crippen LogP contribution in [0.1, 0.15) is 18.4 Å². The van der Waals surface area contributed by atoms with Gasteiger partial charge in [0.2, 0.25) is 5.91 Å². The van der Waals surface area contributed by atoms with Gasteiger partial charge in [-0.15, -0.1) is 0 Å². The lowest BCUT2D eigenvalue weighted by molar-refractivity contribution is -0.130. The molecule has 0 fully saturated rings. The molecule has 0 unspecified atom stereocenters. The van der Waals surface area contributed by atoms with Crippen molar-refractivity contribution in [3.8, 4) is 29.1 Å². The van der Waals surface area contributed by atoms with Gasteiger partial charge in [-0.1, -0.05) is 12.1 Å². The summed E-state index contributed by atoms with van der Waals surface area (Å²) in [6.45, 7) is 1.22. The predicted molar refractivity (Wildman–Crippen MR) is 109 cm³/mol. The van der Waals surface area contributed by atoms with Crippen LogP contribution in [0.15, 0.2) is 42.5 Å². The van der Waals surface area contributed by atoms with E-state index in [2.05, 4.69) is 6.07 Å². The Bertz CT molecular complexity index is 847. The van der Waals surface area contributed by atoms with E-state index < -0.39 is 0 Å². The minimum absolute atomic E-state index is 0.0176. The van der Waals surface area contributed by atoms with Crippen LogP contribution in [-0.4, -0.2) is 51.8 Å². The van der Waals surface area contributed by atoms with E-state index in [1.165, 1.54) is 7.11 Å². The molecular formula is C22H26N2O5. The van der Waals surface area contributed by atoms with Crippen molar-refractivity contribution in [1.82, 2.24) is 4.90 Å². The van der Waals surface area contributed by atoms with Gasteiger partial charge < -0.3 is 23.8 Å². The van der Waals surface area contributed by atoms with E-state index in [4.69, 9.17) is 24.2 Å². The van der Waals surface area contributed by atoms with E-state index in [0.717, 1.165) is 0 Å². The standard InChI is InChI=1S/C22H26N2O5/c1-24(12-14-29-19-8-5-4-7-18(19)26-2)22(25)9-6-13-28-20-11-10-17(16-23)15-21(20)27-3/h4-5,7-8,10-11,15H,6,9,12-14H2,1-3H3. The van der Waals surface area contributed by atoms with Gasteiger partial charge in [-0.3, -0.25) is 4.79 Å². The molecule has 7 heteroatoms. The number of hydrogen-bond donors (Lipinski definition) is 0. The summed E-state index contributed by atoms with van der Waals surface area (Å²) in [5, 5.41) is 8.92. The molecule has 154 valence electrons. The smallest absolute Gasteiger partial charge is 0.222 e. The number of nitriles is 1. The van der Waals surface area contributed by atoms with Crippen molar-refractivity contribution >= 4 is 5.91 Å². The fourth-order valence-corrected chi connectivity index (χ4v) is 2.61. The molecule has 0 aliphatic rings. The maximum atomic E-state index is 12.3. The second-order valence-electron chi connectivity index (χ2n) is 6.24. The Kier molecular flexibility index (Phi) is 8.64. The number of rotatable bonds is 11. The Balaban J connectivity index is 1.70. The van der Waals surface area contributed by atoms with Gasteiger partial charge >= 0.3 is 0 Å². The average Bonchev–Trinajstić information content (AvgIpc) is 2.76. The first-order valence-electron chi connectivity index (χ1n) is 9.29. The van der Waals surface area contributed by atoms with Crippen molar-refractivity contribution in [3.05, 3.63) is 48.0 Å². The summed E-state index contributed by atoms with van der Waals surface area (Å²) >= 11 is 0. The molecule has 0 radical (unpaired) electrons. The average molecular weight is 398 g/mol. The Morgan fingerprint density at radius 3 is 2.31 bits per heavy atom. The molecule has 7 nitrogen and oxygen atoms in total. The third kappa shape index (κ3) is 6.61. The molecular weight excluding hydrogens is 372 g/mol. The Morgan fingerprint density at radius 2 is 1.62 bits per heavy atom. The molecule has 0 saturated carbocycles. The lowest BCUT2D eigenvalue weighted by atomic mass is 10.2. The summed E-state index contributed by atoms with van der Waals surface area (Å²) in [7, 11) is 4.86. The van der Waals surface area contributed by atoms with Crippen LogP contribution >= 0.6 is 0 Å². The fraction of sp³-hybridized carbons (Fsp3) is 0.364. The normalized spacial score (nSPS) is 10.0. The van der Waals surface area contributed by atoms with Crippen molar-refractivity contribution in [2.75, 3.05) is 41.0 Å². The zero-order chi connectivity index (χ0) is 21.1. The molecule has 2 aromatic carbocycles. The van der Waals surface area contributed by atoms with Crippen molar-refractivity contribution in [3.63, 3.8) is 0 Å². The van der Waals surface area contributed by atoms with Gasteiger partial charge in [-0.2, -0.15) is 5.26 Å². The summed E-state index contributed by atoms with van der Waals surface area (Å²) in [5.74, 6) is 2.39. The fourth-order valence-electron chi connectivity index (χ4n) is 2.61. The molecule has 0 atom stereocenters. The number of carbonyl (C=O) groups is 1. The second kappa shape index (κ2) is 11.4. The van der Waals surface area contributed by atoms with Crippen LogP contribution in [-0.2, 0) is 4.79 Å². The van der Waals surface area contributed by atoms with Crippen LogP contribution in [0.5, 0.6) is 23.0 Å². The number of nitrogens with zero attached hydrogens (tertiary/aromatic N) is 2. The van der Waals surface area contributed by atoms with Gasteiger partial charge in [-0.25, -0.2) is 0 Å². The van der Waals surface area contributed by atoms with Crippen molar-refractivity contribution < 1.29 is 23.7 Å². The number of methoxy groups -OCH3 is 2. The molecule has 0 saturated heterocycles. The zero-order valence-corrected chi connectivity index (χ0v) is 17.0. The largest absolute Gasteiger partial charge is 0.493 e. The van der Waals surface area contributed by atoms with E-state index in [-0.39, 0.29) is 5.91 Å². The third-order valence-corrected chi connectivity index (χ3v) is 4.26. The number of likely N-dealkylation sites (N-methyl/N-ethyl adjacent to an activating group) is 1. The number of amides is 1. The molecule has 0 bridgehead atoms. The van der Waals surface area contributed by atoms with Gasteiger partial charge in [0.1, 0.15) is 6.61 Å². The van der Waals surface area contributed by atoms with Crippen molar-refractivity contribution in [2.45, 2.75) is 12.8 Å². The highest BCUT2D eigenvalue weighted by molar-refractivity contribution is 5.75. The number of ether oxygens (including phenoxy) is 4. The maximum absolute atomic E-state index is 12.3. The molecule has 2 rings (SSSR count).